The van der Waals surface area contributed by atoms with E-state index in [1.54, 1.807) is 12.3 Å². The first kappa shape index (κ1) is 12.3. The summed E-state index contributed by atoms with van der Waals surface area (Å²) in [4.78, 5) is 3.09. The highest BCUT2D eigenvalue weighted by molar-refractivity contribution is 7.92. The van der Waals surface area contributed by atoms with Gasteiger partial charge in [0.1, 0.15) is 4.90 Å². The number of H-pyrrole nitrogens is 1. The molecule has 19 heavy (non-hydrogen) atoms. The van der Waals surface area contributed by atoms with Gasteiger partial charge >= 0.3 is 0 Å². The highest BCUT2D eigenvalue weighted by atomic mass is 32.2. The van der Waals surface area contributed by atoms with E-state index in [9.17, 15) is 8.42 Å². The maximum Gasteiger partial charge on any atom is 0.265 e. The average Bonchev–Trinajstić information content (AvgIpc) is 2.86. The zero-order chi connectivity index (χ0) is 13.3. The van der Waals surface area contributed by atoms with Crippen LogP contribution in [0.5, 0.6) is 0 Å². The van der Waals surface area contributed by atoms with Crippen molar-refractivity contribution in [2.75, 3.05) is 17.4 Å². The summed E-state index contributed by atoms with van der Waals surface area (Å²) in [5, 5.41) is 3.24. The summed E-state index contributed by atoms with van der Waals surface area (Å²) in [5.41, 5.74) is 1.76. The van der Waals surface area contributed by atoms with Crippen molar-refractivity contribution in [3.63, 3.8) is 0 Å². The Morgan fingerprint density at radius 2 is 2.00 bits per heavy atom. The predicted molar refractivity (Wildman–Crippen MR) is 73.5 cm³/mol. The fourth-order valence-electron chi connectivity index (χ4n) is 2.27. The summed E-state index contributed by atoms with van der Waals surface area (Å²) < 4.78 is 26.8. The van der Waals surface area contributed by atoms with Gasteiger partial charge in [0.2, 0.25) is 0 Å². The van der Waals surface area contributed by atoms with Crippen LogP contribution >= 0.6 is 0 Å². The van der Waals surface area contributed by atoms with E-state index in [2.05, 4.69) is 10.3 Å². The van der Waals surface area contributed by atoms with Crippen molar-refractivity contribution in [1.29, 1.82) is 0 Å². The SMILES string of the molecule is O=S(=O)(c1cc[nH]c1)N1CCNCc2ccccc21. The fraction of sp³-hybridized carbons (Fsp3) is 0.231. The molecule has 0 atom stereocenters. The molecule has 0 radical (unpaired) electrons. The van der Waals surface area contributed by atoms with Crippen LogP contribution in [0, 0.1) is 0 Å². The molecule has 5 nitrogen and oxygen atoms in total. The lowest BCUT2D eigenvalue weighted by Crippen LogP contribution is -2.34. The summed E-state index contributed by atoms with van der Waals surface area (Å²) >= 11 is 0. The summed E-state index contributed by atoms with van der Waals surface area (Å²) in [5.74, 6) is 0. The largest absolute Gasteiger partial charge is 0.366 e. The lowest BCUT2D eigenvalue weighted by molar-refractivity contribution is 0.589. The van der Waals surface area contributed by atoms with Gasteiger partial charge in [0, 0.05) is 32.0 Å². The molecular weight excluding hydrogens is 262 g/mol. The van der Waals surface area contributed by atoms with E-state index in [4.69, 9.17) is 0 Å². The Balaban J connectivity index is 2.10. The first-order chi connectivity index (χ1) is 9.19. The number of aromatic amines is 1. The molecule has 2 aromatic rings. The Hall–Kier alpha value is -1.79. The van der Waals surface area contributed by atoms with Crippen LogP contribution < -0.4 is 9.62 Å². The second-order valence-corrected chi connectivity index (χ2v) is 6.29. The van der Waals surface area contributed by atoms with Gasteiger partial charge in [0.15, 0.2) is 0 Å². The topological polar surface area (TPSA) is 65.2 Å². The molecule has 0 spiro atoms. The van der Waals surface area contributed by atoms with Crippen LogP contribution in [0.25, 0.3) is 0 Å². The van der Waals surface area contributed by atoms with Gasteiger partial charge in [0.25, 0.3) is 10.0 Å². The number of hydrogen-bond acceptors (Lipinski definition) is 3. The predicted octanol–water partition coefficient (Wildman–Crippen LogP) is 1.31. The molecule has 0 aliphatic carbocycles. The van der Waals surface area contributed by atoms with E-state index in [0.717, 1.165) is 11.3 Å². The van der Waals surface area contributed by atoms with Gasteiger partial charge in [-0.3, -0.25) is 4.31 Å². The second-order valence-electron chi connectivity index (χ2n) is 4.43. The number of anilines is 1. The van der Waals surface area contributed by atoms with Gasteiger partial charge in [-0.2, -0.15) is 0 Å². The van der Waals surface area contributed by atoms with Crippen molar-refractivity contribution >= 4 is 15.7 Å². The minimum Gasteiger partial charge on any atom is -0.366 e. The number of sulfonamides is 1. The average molecular weight is 277 g/mol. The summed E-state index contributed by atoms with van der Waals surface area (Å²) in [6, 6.07) is 9.17. The molecule has 0 unspecified atom stereocenters. The van der Waals surface area contributed by atoms with Gasteiger partial charge in [-0.25, -0.2) is 8.42 Å². The van der Waals surface area contributed by atoms with Crippen molar-refractivity contribution < 1.29 is 8.42 Å². The van der Waals surface area contributed by atoms with Gasteiger partial charge in [-0.1, -0.05) is 18.2 Å². The van der Waals surface area contributed by atoms with Crippen molar-refractivity contribution in [3.05, 3.63) is 48.3 Å². The third-order valence-electron chi connectivity index (χ3n) is 3.22. The molecule has 100 valence electrons. The Labute approximate surface area is 112 Å². The highest BCUT2D eigenvalue weighted by Crippen LogP contribution is 2.27. The molecule has 0 amide bonds. The third-order valence-corrected chi connectivity index (χ3v) is 5.03. The number of benzene rings is 1. The van der Waals surface area contributed by atoms with Crippen molar-refractivity contribution in [2.24, 2.45) is 0 Å². The number of aromatic nitrogens is 1. The monoisotopic (exact) mass is 277 g/mol. The molecule has 1 aliphatic rings. The zero-order valence-corrected chi connectivity index (χ0v) is 11.2. The normalized spacial score (nSPS) is 15.9. The molecule has 3 rings (SSSR count). The zero-order valence-electron chi connectivity index (χ0n) is 10.3. The van der Waals surface area contributed by atoms with Crippen LogP contribution in [0.1, 0.15) is 5.56 Å². The van der Waals surface area contributed by atoms with E-state index in [1.165, 1.54) is 10.5 Å². The maximum absolute atomic E-state index is 12.6. The first-order valence-electron chi connectivity index (χ1n) is 6.14. The van der Waals surface area contributed by atoms with E-state index in [-0.39, 0.29) is 0 Å². The molecule has 2 N–H and O–H groups in total. The molecule has 0 saturated heterocycles. The standard InChI is InChI=1S/C13H15N3O2S/c17-19(18,12-5-6-14-10-12)16-8-7-15-9-11-3-1-2-4-13(11)16/h1-6,10,14-15H,7-9H2. The molecular formula is C13H15N3O2S. The fourth-order valence-corrected chi connectivity index (χ4v) is 3.75. The van der Waals surface area contributed by atoms with Crippen molar-refractivity contribution in [3.8, 4) is 0 Å². The quantitative estimate of drug-likeness (QED) is 0.870. The van der Waals surface area contributed by atoms with E-state index >= 15 is 0 Å². The summed E-state index contributed by atoms with van der Waals surface area (Å²) in [6.07, 6.45) is 3.13. The molecule has 1 aromatic heterocycles. The van der Waals surface area contributed by atoms with Crippen LogP contribution in [-0.2, 0) is 16.6 Å². The number of nitrogens with one attached hydrogen (secondary N) is 2. The third kappa shape index (κ3) is 2.13. The van der Waals surface area contributed by atoms with Crippen LogP contribution in [-0.4, -0.2) is 26.5 Å². The minimum absolute atomic E-state index is 0.296. The number of para-hydroxylation sites is 1. The van der Waals surface area contributed by atoms with Gasteiger partial charge in [-0.05, 0) is 17.7 Å². The molecule has 1 aromatic carbocycles. The number of hydrogen-bond donors (Lipinski definition) is 2. The van der Waals surface area contributed by atoms with Gasteiger partial charge in [-0.15, -0.1) is 0 Å². The Morgan fingerprint density at radius 1 is 1.16 bits per heavy atom. The van der Waals surface area contributed by atoms with Crippen molar-refractivity contribution in [2.45, 2.75) is 11.4 Å². The smallest absolute Gasteiger partial charge is 0.265 e. The molecule has 0 fully saturated rings. The molecule has 0 saturated carbocycles. The Bertz CT molecular complexity index is 665. The second kappa shape index (κ2) is 4.71. The van der Waals surface area contributed by atoms with Crippen LogP contribution in [0.15, 0.2) is 47.6 Å². The number of fused-ring (bicyclic) bond motifs is 1. The molecule has 6 heteroatoms. The lowest BCUT2D eigenvalue weighted by atomic mass is 10.2. The molecule has 1 aliphatic heterocycles. The molecule has 2 heterocycles. The summed E-state index contributed by atoms with van der Waals surface area (Å²) in [6.45, 7) is 1.76. The first-order valence-corrected chi connectivity index (χ1v) is 7.58. The highest BCUT2D eigenvalue weighted by Gasteiger charge is 2.27. The van der Waals surface area contributed by atoms with Crippen molar-refractivity contribution in [1.82, 2.24) is 10.3 Å². The summed E-state index contributed by atoms with van der Waals surface area (Å²) in [7, 11) is -3.49. The Kier molecular flexibility index (Phi) is 3.04. The number of nitrogens with zero attached hydrogens (tertiary/aromatic N) is 1. The number of rotatable bonds is 2. The van der Waals surface area contributed by atoms with Crippen LogP contribution in [0.2, 0.25) is 0 Å². The maximum atomic E-state index is 12.6. The van der Waals surface area contributed by atoms with Crippen LogP contribution in [0.3, 0.4) is 0 Å². The van der Waals surface area contributed by atoms with Gasteiger partial charge in [0.05, 0.1) is 5.69 Å². The van der Waals surface area contributed by atoms with E-state index < -0.39 is 10.0 Å². The van der Waals surface area contributed by atoms with Gasteiger partial charge < -0.3 is 10.3 Å². The molecule has 0 bridgehead atoms. The van der Waals surface area contributed by atoms with E-state index in [0.29, 0.717) is 24.5 Å². The van der Waals surface area contributed by atoms with E-state index in [1.807, 2.05) is 24.3 Å². The minimum atomic E-state index is -3.49. The Morgan fingerprint density at radius 3 is 2.79 bits per heavy atom. The van der Waals surface area contributed by atoms with Crippen LogP contribution in [0.4, 0.5) is 5.69 Å². The lowest BCUT2D eigenvalue weighted by Gasteiger charge is -2.23.